The zero-order chi connectivity index (χ0) is 9.61. The lowest BCUT2D eigenvalue weighted by molar-refractivity contribution is -0.149. The van der Waals surface area contributed by atoms with Gasteiger partial charge in [-0.3, -0.25) is 0 Å². The Kier molecular flexibility index (Phi) is 6.23. The van der Waals surface area contributed by atoms with Gasteiger partial charge in [0.15, 0.2) is 10.6 Å². The highest BCUT2D eigenvalue weighted by Gasteiger charge is 2.35. The summed E-state index contributed by atoms with van der Waals surface area (Å²) in [7, 11) is 0. The van der Waals surface area contributed by atoms with E-state index in [2.05, 4.69) is 0 Å². The van der Waals surface area contributed by atoms with Gasteiger partial charge in [-0.15, -0.1) is 0 Å². The first-order valence-corrected chi connectivity index (χ1v) is 4.56. The average molecular weight is 217 g/mol. The summed E-state index contributed by atoms with van der Waals surface area (Å²) in [4.78, 5) is 0. The first-order valence-electron chi connectivity index (χ1n) is 3.80. The van der Waals surface area contributed by atoms with Gasteiger partial charge in [0.1, 0.15) is 0 Å². The monoisotopic (exact) mass is 216 g/mol. The smallest absolute Gasteiger partial charge is 0.192 e. The summed E-state index contributed by atoms with van der Waals surface area (Å²) in [5, 5.41) is 8.79. The van der Waals surface area contributed by atoms with Crippen molar-refractivity contribution in [3.8, 4) is 0 Å². The van der Waals surface area contributed by atoms with E-state index in [-0.39, 0.29) is 0 Å². The molecule has 0 spiro atoms. The van der Waals surface area contributed by atoms with Gasteiger partial charge in [0.25, 0.3) is 0 Å². The molecule has 0 saturated carbocycles. The van der Waals surface area contributed by atoms with Crippen molar-refractivity contribution in [2.45, 2.75) is 24.5 Å². The third-order valence-corrected chi connectivity index (χ3v) is 1.79. The summed E-state index contributed by atoms with van der Waals surface area (Å²) in [6.45, 7) is 4.07. The number of alkyl halides is 2. The van der Waals surface area contributed by atoms with Crippen molar-refractivity contribution >= 4 is 23.2 Å². The zero-order valence-electron chi connectivity index (χ0n) is 7.22. The highest BCUT2D eigenvalue weighted by Crippen LogP contribution is 2.27. The lowest BCUT2D eigenvalue weighted by atomic mass is 10.4. The van der Waals surface area contributed by atoms with E-state index in [9.17, 15) is 0 Å². The molecule has 0 aromatic heterocycles. The SMILES string of the molecule is CCOC(OCC)C(Cl)(Cl)CO. The fraction of sp³-hybridized carbons (Fsp3) is 1.00. The second kappa shape index (κ2) is 6.00. The number of hydrogen-bond donors (Lipinski definition) is 1. The van der Waals surface area contributed by atoms with Gasteiger partial charge < -0.3 is 14.6 Å². The molecule has 0 aliphatic carbocycles. The summed E-state index contributed by atoms with van der Waals surface area (Å²) < 4.78 is 8.80. The molecule has 0 rings (SSSR count). The molecule has 0 heterocycles. The van der Waals surface area contributed by atoms with Crippen LogP contribution in [0.4, 0.5) is 0 Å². The van der Waals surface area contributed by atoms with Crippen LogP contribution in [0.1, 0.15) is 13.8 Å². The molecule has 0 radical (unpaired) electrons. The standard InChI is InChI=1S/C7H14Cl2O3/c1-3-11-6(12-4-2)7(8,9)5-10/h6,10H,3-5H2,1-2H3. The first kappa shape index (κ1) is 12.5. The third-order valence-electron chi connectivity index (χ3n) is 1.19. The highest BCUT2D eigenvalue weighted by molar-refractivity contribution is 6.49. The maximum atomic E-state index is 8.79. The molecular weight excluding hydrogens is 203 g/mol. The Morgan fingerprint density at radius 2 is 1.67 bits per heavy atom. The van der Waals surface area contributed by atoms with Gasteiger partial charge in [-0.25, -0.2) is 0 Å². The summed E-state index contributed by atoms with van der Waals surface area (Å²) in [5.41, 5.74) is 0. The molecule has 0 aliphatic rings. The van der Waals surface area contributed by atoms with Gasteiger partial charge in [-0.05, 0) is 13.8 Å². The molecule has 1 N–H and O–H groups in total. The van der Waals surface area contributed by atoms with E-state index in [1.165, 1.54) is 0 Å². The molecule has 5 heteroatoms. The largest absolute Gasteiger partial charge is 0.393 e. The summed E-state index contributed by atoms with van der Waals surface area (Å²) in [5.74, 6) is 0. The van der Waals surface area contributed by atoms with Crippen molar-refractivity contribution in [3.63, 3.8) is 0 Å². The topological polar surface area (TPSA) is 38.7 Å². The van der Waals surface area contributed by atoms with Crippen molar-refractivity contribution in [2.75, 3.05) is 19.8 Å². The minimum absolute atomic E-state index is 0.402. The lowest BCUT2D eigenvalue weighted by Gasteiger charge is -2.27. The van der Waals surface area contributed by atoms with Crippen LogP contribution in [0, 0.1) is 0 Å². The number of halogens is 2. The van der Waals surface area contributed by atoms with E-state index in [1.54, 1.807) is 13.8 Å². The van der Waals surface area contributed by atoms with Crippen LogP contribution in [-0.2, 0) is 9.47 Å². The van der Waals surface area contributed by atoms with Crippen molar-refractivity contribution in [1.82, 2.24) is 0 Å². The van der Waals surface area contributed by atoms with Gasteiger partial charge in [0.05, 0.1) is 6.61 Å². The second-order valence-electron chi connectivity index (χ2n) is 2.16. The van der Waals surface area contributed by atoms with Crippen LogP contribution in [-0.4, -0.2) is 35.6 Å². The molecule has 0 amide bonds. The van der Waals surface area contributed by atoms with Crippen LogP contribution in [0.15, 0.2) is 0 Å². The van der Waals surface area contributed by atoms with E-state index in [1.807, 2.05) is 0 Å². The van der Waals surface area contributed by atoms with E-state index in [0.717, 1.165) is 0 Å². The van der Waals surface area contributed by atoms with Crippen LogP contribution in [0.25, 0.3) is 0 Å². The molecule has 3 nitrogen and oxygen atoms in total. The van der Waals surface area contributed by atoms with E-state index in [4.69, 9.17) is 37.8 Å². The van der Waals surface area contributed by atoms with Crippen molar-refractivity contribution in [3.05, 3.63) is 0 Å². The van der Waals surface area contributed by atoms with Crippen LogP contribution in [0.3, 0.4) is 0 Å². The number of rotatable bonds is 6. The molecule has 0 saturated heterocycles. The van der Waals surface area contributed by atoms with Crippen molar-refractivity contribution < 1.29 is 14.6 Å². The third kappa shape index (κ3) is 3.92. The molecule has 0 atom stereocenters. The molecule has 74 valence electrons. The molecule has 0 aromatic carbocycles. The van der Waals surface area contributed by atoms with Gasteiger partial charge in [-0.1, -0.05) is 23.2 Å². The number of ether oxygens (including phenoxy) is 2. The van der Waals surface area contributed by atoms with E-state index in [0.29, 0.717) is 13.2 Å². The van der Waals surface area contributed by atoms with Crippen LogP contribution >= 0.6 is 23.2 Å². The second-order valence-corrected chi connectivity index (χ2v) is 3.70. The Bertz CT molecular complexity index is 113. The maximum Gasteiger partial charge on any atom is 0.192 e. The lowest BCUT2D eigenvalue weighted by Crippen LogP contribution is -2.39. The predicted octanol–water partition coefficient (Wildman–Crippen LogP) is 1.55. The first-order chi connectivity index (χ1) is 5.58. The van der Waals surface area contributed by atoms with Gasteiger partial charge in [-0.2, -0.15) is 0 Å². The number of aliphatic hydroxyl groups is 1. The minimum atomic E-state index is -1.38. The van der Waals surface area contributed by atoms with E-state index >= 15 is 0 Å². The fourth-order valence-corrected chi connectivity index (χ4v) is 0.921. The molecule has 0 aromatic rings. The van der Waals surface area contributed by atoms with Crippen LogP contribution in [0.5, 0.6) is 0 Å². The molecule has 0 fully saturated rings. The predicted molar refractivity (Wildman–Crippen MR) is 48.6 cm³/mol. The molecular formula is C7H14Cl2O3. The number of aliphatic hydroxyl groups excluding tert-OH is 1. The Hall–Kier alpha value is 0.460. The summed E-state index contributed by atoms with van der Waals surface area (Å²) in [6, 6.07) is 0. The van der Waals surface area contributed by atoms with Crippen LogP contribution in [0.2, 0.25) is 0 Å². The van der Waals surface area contributed by atoms with Crippen molar-refractivity contribution in [1.29, 1.82) is 0 Å². The quantitative estimate of drug-likeness (QED) is 0.541. The van der Waals surface area contributed by atoms with Crippen molar-refractivity contribution in [2.24, 2.45) is 0 Å². The molecule has 12 heavy (non-hydrogen) atoms. The van der Waals surface area contributed by atoms with Gasteiger partial charge in [0.2, 0.25) is 0 Å². The Labute approximate surface area is 82.6 Å². The Morgan fingerprint density at radius 3 is 1.92 bits per heavy atom. The molecule has 0 bridgehead atoms. The zero-order valence-corrected chi connectivity index (χ0v) is 8.73. The van der Waals surface area contributed by atoms with Crippen LogP contribution < -0.4 is 0 Å². The Balaban J connectivity index is 4.07. The summed E-state index contributed by atoms with van der Waals surface area (Å²) >= 11 is 11.4. The number of hydrogen-bond acceptors (Lipinski definition) is 3. The normalized spacial score (nSPS) is 12.5. The molecule has 0 aliphatic heterocycles. The highest BCUT2D eigenvalue weighted by atomic mass is 35.5. The fourth-order valence-electron chi connectivity index (χ4n) is 0.669. The minimum Gasteiger partial charge on any atom is -0.393 e. The van der Waals surface area contributed by atoms with E-state index < -0.39 is 17.2 Å². The average Bonchev–Trinajstić information content (AvgIpc) is 2.04. The van der Waals surface area contributed by atoms with Gasteiger partial charge >= 0.3 is 0 Å². The summed E-state index contributed by atoms with van der Waals surface area (Å²) in [6.07, 6.45) is -0.777. The maximum absolute atomic E-state index is 8.79. The van der Waals surface area contributed by atoms with Gasteiger partial charge in [0, 0.05) is 13.2 Å². The Morgan fingerprint density at radius 1 is 1.25 bits per heavy atom. The molecule has 0 unspecified atom stereocenters.